The summed E-state index contributed by atoms with van der Waals surface area (Å²) in [6, 6.07) is 10.1. The SMILES string of the molecule is Cc1nnc(CN2CCC[C@H](c3nc(-c4ccccc4)n[nH]3)C2)s1. The molecule has 0 unspecified atom stereocenters. The van der Waals surface area contributed by atoms with Gasteiger partial charge in [0.1, 0.15) is 15.8 Å². The van der Waals surface area contributed by atoms with Crippen LogP contribution in [0.15, 0.2) is 30.3 Å². The number of aromatic nitrogens is 5. The van der Waals surface area contributed by atoms with E-state index in [-0.39, 0.29) is 0 Å². The number of benzene rings is 1. The van der Waals surface area contributed by atoms with E-state index in [0.717, 1.165) is 53.3 Å². The zero-order chi connectivity index (χ0) is 16.4. The van der Waals surface area contributed by atoms with Crippen LogP contribution in [0.2, 0.25) is 0 Å². The minimum absolute atomic E-state index is 0.401. The van der Waals surface area contributed by atoms with Gasteiger partial charge >= 0.3 is 0 Å². The van der Waals surface area contributed by atoms with Crippen molar-refractivity contribution < 1.29 is 0 Å². The number of hydrogen-bond acceptors (Lipinski definition) is 6. The van der Waals surface area contributed by atoms with Gasteiger partial charge in [0.25, 0.3) is 0 Å². The molecule has 0 spiro atoms. The molecule has 6 nitrogen and oxygen atoms in total. The summed E-state index contributed by atoms with van der Waals surface area (Å²) < 4.78 is 0. The Morgan fingerprint density at radius 1 is 1.25 bits per heavy atom. The molecule has 0 amide bonds. The van der Waals surface area contributed by atoms with Gasteiger partial charge < -0.3 is 0 Å². The van der Waals surface area contributed by atoms with E-state index in [0.29, 0.717) is 5.92 Å². The van der Waals surface area contributed by atoms with E-state index in [1.54, 1.807) is 11.3 Å². The fraction of sp³-hybridized carbons (Fsp3) is 0.412. The number of piperidine rings is 1. The first-order chi connectivity index (χ1) is 11.8. The Kier molecular flexibility index (Phi) is 4.36. The fourth-order valence-electron chi connectivity index (χ4n) is 3.19. The van der Waals surface area contributed by atoms with Crippen LogP contribution >= 0.6 is 11.3 Å². The molecule has 0 radical (unpaired) electrons. The molecule has 1 saturated heterocycles. The lowest BCUT2D eigenvalue weighted by molar-refractivity contribution is 0.196. The van der Waals surface area contributed by atoms with Crippen LogP contribution in [0.4, 0.5) is 0 Å². The summed E-state index contributed by atoms with van der Waals surface area (Å²) in [7, 11) is 0. The first kappa shape index (κ1) is 15.4. The molecule has 1 aliphatic heterocycles. The molecular formula is C17H20N6S. The molecule has 1 fully saturated rings. The van der Waals surface area contributed by atoms with Crippen molar-refractivity contribution in [2.75, 3.05) is 13.1 Å². The minimum Gasteiger partial charge on any atom is -0.296 e. The maximum absolute atomic E-state index is 4.73. The summed E-state index contributed by atoms with van der Waals surface area (Å²) in [5.74, 6) is 2.17. The largest absolute Gasteiger partial charge is 0.296 e. The van der Waals surface area contributed by atoms with Crippen molar-refractivity contribution in [1.29, 1.82) is 0 Å². The molecule has 1 aromatic carbocycles. The van der Waals surface area contributed by atoms with Gasteiger partial charge in [0.05, 0.1) is 6.54 Å². The predicted molar refractivity (Wildman–Crippen MR) is 93.7 cm³/mol. The highest BCUT2D eigenvalue weighted by molar-refractivity contribution is 7.11. The molecular weight excluding hydrogens is 320 g/mol. The fourth-order valence-corrected chi connectivity index (χ4v) is 3.94. The molecule has 0 saturated carbocycles. The molecule has 24 heavy (non-hydrogen) atoms. The topological polar surface area (TPSA) is 70.6 Å². The standard InChI is InChI=1S/C17H20N6S/c1-12-19-20-15(24-12)11-23-9-5-8-14(10-23)17-18-16(21-22-17)13-6-3-2-4-7-13/h2-4,6-7,14H,5,8-11H2,1H3,(H,18,21,22)/t14-/m0/s1. The second-order valence-corrected chi connectivity index (χ2v) is 7.47. The quantitative estimate of drug-likeness (QED) is 0.790. The molecule has 0 aliphatic carbocycles. The maximum Gasteiger partial charge on any atom is 0.181 e. The molecule has 3 heterocycles. The van der Waals surface area contributed by atoms with Gasteiger partial charge in [-0.15, -0.1) is 21.5 Å². The average molecular weight is 340 g/mol. The van der Waals surface area contributed by atoms with Crippen LogP contribution in [0.5, 0.6) is 0 Å². The Morgan fingerprint density at radius 2 is 2.12 bits per heavy atom. The van der Waals surface area contributed by atoms with Crippen molar-refractivity contribution in [2.24, 2.45) is 0 Å². The monoisotopic (exact) mass is 340 g/mol. The van der Waals surface area contributed by atoms with Gasteiger partial charge in [0.2, 0.25) is 0 Å². The zero-order valence-electron chi connectivity index (χ0n) is 13.6. The number of H-pyrrole nitrogens is 1. The summed E-state index contributed by atoms with van der Waals surface area (Å²) in [4.78, 5) is 7.17. The first-order valence-corrected chi connectivity index (χ1v) is 9.08. The summed E-state index contributed by atoms with van der Waals surface area (Å²) in [5.41, 5.74) is 1.05. The summed E-state index contributed by atoms with van der Waals surface area (Å²) in [5, 5.41) is 18.0. The molecule has 0 bridgehead atoms. The Bertz CT molecular complexity index is 796. The smallest absolute Gasteiger partial charge is 0.181 e. The van der Waals surface area contributed by atoms with Crippen molar-refractivity contribution >= 4 is 11.3 Å². The normalized spacial score (nSPS) is 18.8. The molecule has 7 heteroatoms. The number of nitrogens with one attached hydrogen (secondary N) is 1. The Labute approximate surface area is 145 Å². The highest BCUT2D eigenvalue weighted by Gasteiger charge is 2.25. The van der Waals surface area contributed by atoms with Crippen molar-refractivity contribution in [3.8, 4) is 11.4 Å². The first-order valence-electron chi connectivity index (χ1n) is 8.27. The van der Waals surface area contributed by atoms with Gasteiger partial charge in [-0.1, -0.05) is 30.3 Å². The second-order valence-electron chi connectivity index (χ2n) is 6.20. The molecule has 4 rings (SSSR count). The van der Waals surface area contributed by atoms with E-state index in [2.05, 4.69) is 25.3 Å². The molecule has 2 aromatic heterocycles. The molecule has 1 aliphatic rings. The second kappa shape index (κ2) is 6.78. The van der Waals surface area contributed by atoms with Crippen molar-refractivity contribution in [1.82, 2.24) is 30.3 Å². The summed E-state index contributed by atoms with van der Waals surface area (Å²) >= 11 is 1.68. The maximum atomic E-state index is 4.73. The number of aryl methyl sites for hydroxylation is 1. The number of hydrogen-bond donors (Lipinski definition) is 1. The van der Waals surface area contributed by atoms with Crippen LogP contribution < -0.4 is 0 Å². The van der Waals surface area contributed by atoms with Crippen LogP contribution in [0.25, 0.3) is 11.4 Å². The van der Waals surface area contributed by atoms with Gasteiger partial charge in [-0.3, -0.25) is 10.00 Å². The minimum atomic E-state index is 0.401. The van der Waals surface area contributed by atoms with Crippen LogP contribution in [-0.2, 0) is 6.54 Å². The highest BCUT2D eigenvalue weighted by Crippen LogP contribution is 2.27. The lowest BCUT2D eigenvalue weighted by Gasteiger charge is -2.30. The van der Waals surface area contributed by atoms with Crippen molar-refractivity contribution in [3.05, 3.63) is 46.2 Å². The summed E-state index contributed by atoms with van der Waals surface area (Å²) in [6.45, 7) is 4.97. The molecule has 3 aromatic rings. The van der Waals surface area contributed by atoms with E-state index >= 15 is 0 Å². The zero-order valence-corrected chi connectivity index (χ0v) is 14.5. The third-order valence-corrected chi connectivity index (χ3v) is 5.18. The lowest BCUT2D eigenvalue weighted by atomic mass is 9.97. The van der Waals surface area contributed by atoms with E-state index in [4.69, 9.17) is 4.98 Å². The average Bonchev–Trinajstić information content (AvgIpc) is 3.25. The Balaban J connectivity index is 1.45. The van der Waals surface area contributed by atoms with E-state index in [9.17, 15) is 0 Å². The van der Waals surface area contributed by atoms with E-state index in [1.165, 1.54) is 6.42 Å². The van der Waals surface area contributed by atoms with Gasteiger partial charge in [0.15, 0.2) is 5.82 Å². The Morgan fingerprint density at radius 3 is 2.92 bits per heavy atom. The molecule has 1 atom stereocenters. The van der Waals surface area contributed by atoms with Gasteiger partial charge in [-0.2, -0.15) is 5.10 Å². The van der Waals surface area contributed by atoms with Crippen LogP contribution in [-0.4, -0.2) is 43.4 Å². The number of aromatic amines is 1. The highest BCUT2D eigenvalue weighted by atomic mass is 32.1. The van der Waals surface area contributed by atoms with E-state index < -0.39 is 0 Å². The molecule has 124 valence electrons. The van der Waals surface area contributed by atoms with Gasteiger partial charge in [0, 0.05) is 18.0 Å². The summed E-state index contributed by atoms with van der Waals surface area (Å²) in [6.07, 6.45) is 2.32. The van der Waals surface area contributed by atoms with Crippen LogP contribution in [0.1, 0.15) is 34.6 Å². The number of nitrogens with zero attached hydrogens (tertiary/aromatic N) is 5. The number of rotatable bonds is 4. The predicted octanol–water partition coefficient (Wildman–Crippen LogP) is 3.01. The van der Waals surface area contributed by atoms with Crippen molar-refractivity contribution in [2.45, 2.75) is 32.2 Å². The molecule has 1 N–H and O–H groups in total. The van der Waals surface area contributed by atoms with Crippen molar-refractivity contribution in [3.63, 3.8) is 0 Å². The lowest BCUT2D eigenvalue weighted by Crippen LogP contribution is -2.34. The Hall–Kier alpha value is -2.12. The van der Waals surface area contributed by atoms with Gasteiger partial charge in [-0.05, 0) is 26.3 Å². The van der Waals surface area contributed by atoms with Crippen LogP contribution in [0.3, 0.4) is 0 Å². The van der Waals surface area contributed by atoms with Crippen LogP contribution in [0, 0.1) is 6.92 Å². The van der Waals surface area contributed by atoms with Gasteiger partial charge in [-0.25, -0.2) is 4.98 Å². The number of likely N-dealkylation sites (tertiary alicyclic amines) is 1. The third-order valence-electron chi connectivity index (χ3n) is 4.35. The third kappa shape index (κ3) is 3.37. The van der Waals surface area contributed by atoms with E-state index in [1.807, 2.05) is 37.3 Å².